The zero-order valence-corrected chi connectivity index (χ0v) is 15.9. The van der Waals surface area contributed by atoms with E-state index in [2.05, 4.69) is 20.4 Å². The second-order valence-corrected chi connectivity index (χ2v) is 7.13. The average Bonchev–Trinajstić information content (AvgIpc) is 3.16. The molecule has 1 aromatic carbocycles. The second-order valence-electron chi connectivity index (χ2n) is 7.13. The van der Waals surface area contributed by atoms with Crippen molar-refractivity contribution in [2.45, 2.75) is 32.1 Å². The van der Waals surface area contributed by atoms with Gasteiger partial charge in [-0.05, 0) is 49.2 Å². The van der Waals surface area contributed by atoms with Crippen LogP contribution in [0.5, 0.6) is 0 Å². The van der Waals surface area contributed by atoms with Crippen LogP contribution in [0.4, 0.5) is 11.6 Å². The van der Waals surface area contributed by atoms with Crippen molar-refractivity contribution < 1.29 is 9.59 Å². The Morgan fingerprint density at radius 3 is 2.48 bits per heavy atom. The van der Waals surface area contributed by atoms with Gasteiger partial charge in [-0.2, -0.15) is 9.67 Å². The third kappa shape index (κ3) is 4.16. The Balaban J connectivity index is 1.47. The highest BCUT2D eigenvalue weighted by Gasteiger charge is 2.21. The Morgan fingerprint density at radius 1 is 1.03 bits per heavy atom. The molecule has 8 heteroatoms. The number of nitrogen functional groups attached to an aromatic ring is 1. The molecule has 2 aromatic heterocycles. The van der Waals surface area contributed by atoms with Crippen LogP contribution in [0.1, 0.15) is 42.5 Å². The van der Waals surface area contributed by atoms with Crippen LogP contribution in [0, 0.1) is 5.92 Å². The van der Waals surface area contributed by atoms with Gasteiger partial charge in [0.1, 0.15) is 5.69 Å². The molecule has 0 atom stereocenters. The Kier molecular flexibility index (Phi) is 5.33. The maximum absolute atomic E-state index is 12.8. The Morgan fingerprint density at radius 2 is 1.79 bits per heavy atom. The number of pyridine rings is 1. The summed E-state index contributed by atoms with van der Waals surface area (Å²) in [5.41, 5.74) is 7.47. The van der Waals surface area contributed by atoms with Crippen molar-refractivity contribution in [1.82, 2.24) is 19.7 Å². The van der Waals surface area contributed by atoms with Gasteiger partial charge >= 0.3 is 0 Å². The molecule has 1 fully saturated rings. The highest BCUT2D eigenvalue weighted by atomic mass is 16.2. The molecule has 1 amide bonds. The number of carbonyl (C=O) groups excluding carboxylic acids is 2. The zero-order valence-electron chi connectivity index (χ0n) is 15.9. The molecular weight excluding hydrogens is 368 g/mol. The summed E-state index contributed by atoms with van der Waals surface area (Å²) in [7, 11) is 0. The number of anilines is 2. The predicted molar refractivity (Wildman–Crippen MR) is 109 cm³/mol. The van der Waals surface area contributed by atoms with Crippen LogP contribution in [-0.2, 0) is 4.79 Å². The van der Waals surface area contributed by atoms with Gasteiger partial charge in [-0.1, -0.05) is 25.3 Å². The first-order chi connectivity index (χ1) is 14.1. The number of nitrogens with zero attached hydrogens (tertiary/aromatic N) is 4. The van der Waals surface area contributed by atoms with Gasteiger partial charge in [0.15, 0.2) is 0 Å². The predicted octanol–water partition coefficient (Wildman–Crippen LogP) is 3.13. The molecule has 3 N–H and O–H groups in total. The number of aromatic nitrogens is 4. The van der Waals surface area contributed by atoms with E-state index in [4.69, 9.17) is 5.73 Å². The summed E-state index contributed by atoms with van der Waals surface area (Å²) in [6, 6.07) is 12.0. The molecule has 1 aliphatic rings. The quantitative estimate of drug-likeness (QED) is 0.707. The fourth-order valence-electron chi connectivity index (χ4n) is 3.50. The monoisotopic (exact) mass is 390 g/mol. The molecular formula is C21H22N6O2. The molecule has 0 unspecified atom stereocenters. The van der Waals surface area contributed by atoms with Gasteiger partial charge in [-0.25, -0.2) is 0 Å². The number of benzene rings is 1. The normalized spacial score (nSPS) is 14.5. The fraction of sp³-hybridized carbons (Fsp3) is 0.286. The molecule has 0 saturated heterocycles. The van der Waals surface area contributed by atoms with Crippen molar-refractivity contribution in [1.29, 1.82) is 0 Å². The summed E-state index contributed by atoms with van der Waals surface area (Å²) in [4.78, 5) is 33.4. The largest absolute Gasteiger partial charge is 0.368 e. The molecule has 1 saturated carbocycles. The molecule has 0 radical (unpaired) electrons. The van der Waals surface area contributed by atoms with E-state index in [1.165, 1.54) is 6.42 Å². The minimum absolute atomic E-state index is 0.00895. The van der Waals surface area contributed by atoms with Crippen molar-refractivity contribution in [2.24, 2.45) is 5.92 Å². The first kappa shape index (κ1) is 18.8. The van der Waals surface area contributed by atoms with E-state index < -0.39 is 5.91 Å². The first-order valence-electron chi connectivity index (χ1n) is 9.71. The zero-order chi connectivity index (χ0) is 20.2. The summed E-state index contributed by atoms with van der Waals surface area (Å²) in [5, 5.41) is 7.12. The van der Waals surface area contributed by atoms with E-state index in [1.807, 2.05) is 0 Å². The topological polar surface area (TPSA) is 116 Å². The maximum atomic E-state index is 12.8. The molecule has 4 rings (SSSR count). The lowest BCUT2D eigenvalue weighted by atomic mass is 9.88. The van der Waals surface area contributed by atoms with Crippen LogP contribution in [-0.4, -0.2) is 31.6 Å². The summed E-state index contributed by atoms with van der Waals surface area (Å²) in [5.74, 6) is -0.00481. The van der Waals surface area contributed by atoms with E-state index >= 15 is 0 Å². The number of nitrogens with one attached hydrogen (secondary N) is 1. The van der Waals surface area contributed by atoms with E-state index in [0.717, 1.165) is 30.4 Å². The Labute approximate surface area is 168 Å². The lowest BCUT2D eigenvalue weighted by Crippen LogP contribution is -2.24. The minimum Gasteiger partial charge on any atom is -0.368 e. The average molecular weight is 390 g/mol. The van der Waals surface area contributed by atoms with Crippen molar-refractivity contribution in [3.63, 3.8) is 0 Å². The van der Waals surface area contributed by atoms with Gasteiger partial charge in [-0.15, -0.1) is 5.10 Å². The van der Waals surface area contributed by atoms with Crippen LogP contribution in [0.2, 0.25) is 0 Å². The van der Waals surface area contributed by atoms with Crippen LogP contribution >= 0.6 is 0 Å². The van der Waals surface area contributed by atoms with Gasteiger partial charge in [0.05, 0.1) is 0 Å². The first-order valence-corrected chi connectivity index (χ1v) is 9.71. The highest BCUT2D eigenvalue weighted by Crippen LogP contribution is 2.25. The van der Waals surface area contributed by atoms with Crippen LogP contribution in [0.3, 0.4) is 0 Å². The Bertz CT molecular complexity index is 1010. The number of rotatable bonds is 4. The van der Waals surface area contributed by atoms with Crippen molar-refractivity contribution in [2.75, 3.05) is 11.1 Å². The second kappa shape index (κ2) is 8.22. The number of nitrogens with two attached hydrogens (primary N) is 1. The Hall–Kier alpha value is -3.55. The summed E-state index contributed by atoms with van der Waals surface area (Å²) >= 11 is 0. The number of hydrogen-bond donors (Lipinski definition) is 2. The van der Waals surface area contributed by atoms with Crippen LogP contribution in [0.25, 0.3) is 11.5 Å². The van der Waals surface area contributed by atoms with Gasteiger partial charge in [0, 0.05) is 23.4 Å². The molecule has 0 spiro atoms. The van der Waals surface area contributed by atoms with Crippen molar-refractivity contribution in [3.8, 4) is 11.5 Å². The van der Waals surface area contributed by atoms with E-state index in [9.17, 15) is 9.59 Å². The standard InChI is InChI=1S/C21H22N6O2/c22-21-25-18(17-8-4-5-13-23-17)26-27(21)20(29)15-9-11-16(12-10-15)24-19(28)14-6-2-1-3-7-14/h4-5,8-14H,1-3,6-7H2,(H,24,28)(H2,22,25,26). The van der Waals surface area contributed by atoms with Gasteiger partial charge in [0.2, 0.25) is 17.7 Å². The van der Waals surface area contributed by atoms with E-state index in [-0.39, 0.29) is 23.6 Å². The summed E-state index contributed by atoms with van der Waals surface area (Å²) in [6.45, 7) is 0. The van der Waals surface area contributed by atoms with Crippen molar-refractivity contribution in [3.05, 3.63) is 54.2 Å². The third-order valence-electron chi connectivity index (χ3n) is 5.09. The van der Waals surface area contributed by atoms with Gasteiger partial charge in [-0.3, -0.25) is 14.6 Å². The summed E-state index contributed by atoms with van der Waals surface area (Å²) < 4.78 is 1.06. The van der Waals surface area contributed by atoms with E-state index in [0.29, 0.717) is 16.9 Å². The lowest BCUT2D eigenvalue weighted by molar-refractivity contribution is -0.120. The van der Waals surface area contributed by atoms with Crippen molar-refractivity contribution >= 4 is 23.5 Å². The minimum atomic E-state index is -0.401. The molecule has 8 nitrogen and oxygen atoms in total. The molecule has 148 valence electrons. The molecule has 3 aromatic rings. The van der Waals surface area contributed by atoms with Crippen LogP contribution < -0.4 is 11.1 Å². The lowest BCUT2D eigenvalue weighted by Gasteiger charge is -2.20. The SMILES string of the molecule is Nc1nc(-c2ccccn2)nn1C(=O)c1ccc(NC(=O)C2CCCCC2)cc1. The van der Waals surface area contributed by atoms with E-state index in [1.54, 1.807) is 48.7 Å². The number of carbonyl (C=O) groups is 2. The third-order valence-corrected chi connectivity index (χ3v) is 5.09. The van der Waals surface area contributed by atoms with Gasteiger partial charge < -0.3 is 11.1 Å². The summed E-state index contributed by atoms with van der Waals surface area (Å²) in [6.07, 6.45) is 6.90. The van der Waals surface area contributed by atoms with Crippen LogP contribution in [0.15, 0.2) is 48.7 Å². The molecule has 0 aliphatic heterocycles. The van der Waals surface area contributed by atoms with Gasteiger partial charge in [0.25, 0.3) is 5.91 Å². The highest BCUT2D eigenvalue weighted by molar-refractivity contribution is 5.98. The molecule has 0 bridgehead atoms. The maximum Gasteiger partial charge on any atom is 0.281 e. The molecule has 29 heavy (non-hydrogen) atoms. The molecule has 1 aliphatic carbocycles. The fourth-order valence-corrected chi connectivity index (χ4v) is 3.50. The number of amides is 1. The molecule has 2 heterocycles. The number of hydrogen-bond acceptors (Lipinski definition) is 6. The smallest absolute Gasteiger partial charge is 0.281 e.